The van der Waals surface area contributed by atoms with Gasteiger partial charge in [0.25, 0.3) is 0 Å². The van der Waals surface area contributed by atoms with Crippen LogP contribution in [0.4, 0.5) is 23.1 Å². The summed E-state index contributed by atoms with van der Waals surface area (Å²) in [5, 5.41) is 6.56. The van der Waals surface area contributed by atoms with E-state index in [1.807, 2.05) is 57.2 Å². The van der Waals surface area contributed by atoms with E-state index in [9.17, 15) is 4.79 Å². The number of nitrogens with zero attached hydrogens (tertiary/aromatic N) is 2. The lowest BCUT2D eigenvalue weighted by Gasteiger charge is -2.13. The standard InChI is InChI=1S/C21H22N4O2/c1-13-6-5-7-14(2)19(13)25-21-22-15(3)12-18(24-21)23-17-10-8-16(9-11-17)20(26)27-4/h5-12H,1-4H3,(H2,22,23,24,25). The van der Waals surface area contributed by atoms with Crippen molar-refractivity contribution in [1.82, 2.24) is 9.97 Å². The molecule has 0 aliphatic carbocycles. The lowest BCUT2D eigenvalue weighted by Crippen LogP contribution is -2.04. The molecule has 0 atom stereocenters. The zero-order valence-corrected chi connectivity index (χ0v) is 15.8. The molecular weight excluding hydrogens is 340 g/mol. The molecular formula is C21H22N4O2. The normalized spacial score (nSPS) is 10.4. The SMILES string of the molecule is COC(=O)c1ccc(Nc2cc(C)nc(Nc3c(C)cccc3C)n2)cc1. The molecule has 0 saturated carbocycles. The first-order chi connectivity index (χ1) is 13.0. The number of benzene rings is 2. The minimum Gasteiger partial charge on any atom is -0.465 e. The van der Waals surface area contributed by atoms with Crippen LogP contribution in [-0.2, 0) is 4.74 Å². The van der Waals surface area contributed by atoms with Crippen LogP contribution in [-0.4, -0.2) is 23.0 Å². The molecule has 6 nitrogen and oxygen atoms in total. The second-order valence-electron chi connectivity index (χ2n) is 6.30. The van der Waals surface area contributed by atoms with Crippen LogP contribution in [0.1, 0.15) is 27.2 Å². The van der Waals surface area contributed by atoms with E-state index in [4.69, 9.17) is 4.74 Å². The molecule has 3 aromatic rings. The number of aryl methyl sites for hydroxylation is 3. The van der Waals surface area contributed by atoms with Gasteiger partial charge in [-0.3, -0.25) is 0 Å². The highest BCUT2D eigenvalue weighted by Gasteiger charge is 2.08. The predicted octanol–water partition coefficient (Wildman–Crippen LogP) is 4.68. The fraction of sp³-hybridized carbons (Fsp3) is 0.190. The van der Waals surface area contributed by atoms with E-state index in [0.717, 1.165) is 28.2 Å². The number of carbonyl (C=O) groups excluding carboxylic acids is 1. The number of hydrogen-bond donors (Lipinski definition) is 2. The Bertz CT molecular complexity index is 948. The van der Waals surface area contributed by atoms with E-state index in [1.165, 1.54) is 7.11 Å². The average Bonchev–Trinajstić information content (AvgIpc) is 2.64. The fourth-order valence-corrected chi connectivity index (χ4v) is 2.77. The molecule has 0 amide bonds. The van der Waals surface area contributed by atoms with Crippen LogP contribution in [0.15, 0.2) is 48.5 Å². The van der Waals surface area contributed by atoms with Crippen LogP contribution in [0.2, 0.25) is 0 Å². The average molecular weight is 362 g/mol. The molecule has 27 heavy (non-hydrogen) atoms. The topological polar surface area (TPSA) is 76.1 Å². The van der Waals surface area contributed by atoms with Crippen molar-refractivity contribution >= 4 is 29.1 Å². The Labute approximate surface area is 158 Å². The Kier molecular flexibility index (Phi) is 5.35. The molecule has 6 heteroatoms. The van der Waals surface area contributed by atoms with Gasteiger partial charge in [0.1, 0.15) is 5.82 Å². The molecule has 0 bridgehead atoms. The minimum absolute atomic E-state index is 0.362. The van der Waals surface area contributed by atoms with Gasteiger partial charge < -0.3 is 15.4 Å². The van der Waals surface area contributed by atoms with Crippen LogP contribution in [0.5, 0.6) is 0 Å². The Hall–Kier alpha value is -3.41. The summed E-state index contributed by atoms with van der Waals surface area (Å²) in [6.45, 7) is 6.02. The molecule has 0 aliphatic rings. The number of carbonyl (C=O) groups is 1. The number of hydrogen-bond acceptors (Lipinski definition) is 6. The van der Waals surface area contributed by atoms with Gasteiger partial charge >= 0.3 is 5.97 Å². The number of ether oxygens (including phenoxy) is 1. The van der Waals surface area contributed by atoms with Crippen LogP contribution in [0, 0.1) is 20.8 Å². The molecule has 0 fully saturated rings. The summed E-state index contributed by atoms with van der Waals surface area (Å²) in [6, 6.07) is 15.0. The van der Waals surface area contributed by atoms with Gasteiger partial charge in [-0.2, -0.15) is 4.98 Å². The number of rotatable bonds is 5. The van der Waals surface area contributed by atoms with E-state index in [0.29, 0.717) is 17.3 Å². The van der Waals surface area contributed by atoms with Crippen molar-refractivity contribution in [3.8, 4) is 0 Å². The van der Waals surface area contributed by atoms with Gasteiger partial charge in [-0.1, -0.05) is 18.2 Å². The van der Waals surface area contributed by atoms with Crippen LogP contribution in [0.3, 0.4) is 0 Å². The number of nitrogens with one attached hydrogen (secondary N) is 2. The first-order valence-corrected chi connectivity index (χ1v) is 8.60. The summed E-state index contributed by atoms with van der Waals surface area (Å²) in [5.74, 6) is 0.836. The maximum atomic E-state index is 11.5. The highest BCUT2D eigenvalue weighted by molar-refractivity contribution is 5.89. The second-order valence-corrected chi connectivity index (χ2v) is 6.30. The molecule has 0 radical (unpaired) electrons. The van der Waals surface area contributed by atoms with Crippen molar-refractivity contribution in [2.24, 2.45) is 0 Å². The first kappa shape index (κ1) is 18.4. The largest absolute Gasteiger partial charge is 0.465 e. The summed E-state index contributed by atoms with van der Waals surface area (Å²) in [7, 11) is 1.36. The van der Waals surface area contributed by atoms with Crippen molar-refractivity contribution in [2.45, 2.75) is 20.8 Å². The number of methoxy groups -OCH3 is 1. The Balaban J connectivity index is 1.82. The minimum atomic E-state index is -0.362. The smallest absolute Gasteiger partial charge is 0.337 e. The van der Waals surface area contributed by atoms with Gasteiger partial charge in [0.2, 0.25) is 5.95 Å². The summed E-state index contributed by atoms with van der Waals surface area (Å²) in [6.07, 6.45) is 0. The van der Waals surface area contributed by atoms with E-state index in [2.05, 4.69) is 20.6 Å². The molecule has 1 heterocycles. The Morgan fingerprint density at radius 1 is 0.926 bits per heavy atom. The van der Waals surface area contributed by atoms with Gasteiger partial charge in [-0.25, -0.2) is 9.78 Å². The lowest BCUT2D eigenvalue weighted by atomic mass is 10.1. The maximum Gasteiger partial charge on any atom is 0.337 e. The molecule has 0 saturated heterocycles. The van der Waals surface area contributed by atoms with Gasteiger partial charge in [0.05, 0.1) is 12.7 Å². The highest BCUT2D eigenvalue weighted by Crippen LogP contribution is 2.24. The number of anilines is 4. The van der Waals surface area contributed by atoms with Gasteiger partial charge in [0.15, 0.2) is 0 Å². The molecule has 0 spiro atoms. The van der Waals surface area contributed by atoms with E-state index < -0.39 is 0 Å². The van der Waals surface area contributed by atoms with Crippen molar-refractivity contribution < 1.29 is 9.53 Å². The highest BCUT2D eigenvalue weighted by atomic mass is 16.5. The molecule has 138 valence electrons. The summed E-state index contributed by atoms with van der Waals surface area (Å²) < 4.78 is 4.71. The van der Waals surface area contributed by atoms with E-state index in [-0.39, 0.29) is 5.97 Å². The third-order valence-corrected chi connectivity index (χ3v) is 4.15. The van der Waals surface area contributed by atoms with Crippen LogP contribution >= 0.6 is 0 Å². The van der Waals surface area contributed by atoms with E-state index >= 15 is 0 Å². The third-order valence-electron chi connectivity index (χ3n) is 4.15. The fourth-order valence-electron chi connectivity index (χ4n) is 2.77. The van der Waals surface area contributed by atoms with Crippen molar-refractivity contribution in [3.63, 3.8) is 0 Å². The number of esters is 1. The van der Waals surface area contributed by atoms with Gasteiger partial charge in [-0.15, -0.1) is 0 Å². The van der Waals surface area contributed by atoms with Crippen LogP contribution in [0.25, 0.3) is 0 Å². The Morgan fingerprint density at radius 3 is 2.22 bits per heavy atom. The quantitative estimate of drug-likeness (QED) is 0.642. The number of aromatic nitrogens is 2. The maximum absolute atomic E-state index is 11.5. The molecule has 1 aromatic heterocycles. The molecule has 3 rings (SSSR count). The number of para-hydroxylation sites is 1. The molecule has 2 aromatic carbocycles. The zero-order chi connectivity index (χ0) is 19.4. The summed E-state index contributed by atoms with van der Waals surface area (Å²) >= 11 is 0. The predicted molar refractivity (Wildman–Crippen MR) is 107 cm³/mol. The molecule has 2 N–H and O–H groups in total. The first-order valence-electron chi connectivity index (χ1n) is 8.60. The van der Waals surface area contributed by atoms with Crippen molar-refractivity contribution in [2.75, 3.05) is 17.7 Å². The molecule has 0 unspecified atom stereocenters. The summed E-state index contributed by atoms with van der Waals surface area (Å²) in [5.41, 5.74) is 5.43. The van der Waals surface area contributed by atoms with Gasteiger partial charge in [0, 0.05) is 23.1 Å². The monoisotopic (exact) mass is 362 g/mol. The van der Waals surface area contributed by atoms with Crippen molar-refractivity contribution in [1.29, 1.82) is 0 Å². The third kappa shape index (κ3) is 4.41. The lowest BCUT2D eigenvalue weighted by molar-refractivity contribution is 0.0601. The van der Waals surface area contributed by atoms with Crippen molar-refractivity contribution in [3.05, 3.63) is 70.9 Å². The molecule has 0 aliphatic heterocycles. The summed E-state index contributed by atoms with van der Waals surface area (Å²) in [4.78, 5) is 20.6. The Morgan fingerprint density at radius 2 is 1.59 bits per heavy atom. The van der Waals surface area contributed by atoms with Crippen LogP contribution < -0.4 is 10.6 Å². The van der Waals surface area contributed by atoms with Gasteiger partial charge in [-0.05, 0) is 56.2 Å². The van der Waals surface area contributed by atoms with E-state index in [1.54, 1.807) is 12.1 Å². The second kappa shape index (κ2) is 7.86. The zero-order valence-electron chi connectivity index (χ0n) is 15.8.